The zero-order chi connectivity index (χ0) is 32.8. The van der Waals surface area contributed by atoms with Gasteiger partial charge >= 0.3 is 0 Å². The Balaban J connectivity index is 1.10. The molecule has 48 heavy (non-hydrogen) atoms. The molecule has 3 aliphatic carbocycles. The zero-order valence-electron chi connectivity index (χ0n) is 28.1. The molecule has 4 heterocycles. The fourth-order valence-electron chi connectivity index (χ4n) is 8.91. The largest absolute Gasteiger partial charge is 0.494 e. The van der Waals surface area contributed by atoms with Gasteiger partial charge in [0.2, 0.25) is 5.91 Å². The number of hydrogen-bond acceptors (Lipinski definition) is 5. The van der Waals surface area contributed by atoms with E-state index in [1.807, 2.05) is 19.2 Å². The molecule has 1 N–H and O–H groups in total. The van der Waals surface area contributed by atoms with Crippen LogP contribution in [0.25, 0.3) is 44.8 Å². The molecule has 3 unspecified atom stereocenters. The number of aromatic nitrogens is 4. The number of methoxy groups -OCH3 is 1. The highest BCUT2D eigenvalue weighted by molar-refractivity contribution is 6.00. The Kier molecular flexibility index (Phi) is 6.72. The van der Waals surface area contributed by atoms with E-state index in [0.29, 0.717) is 35.1 Å². The Labute approximate surface area is 280 Å². The average Bonchev–Trinajstić information content (AvgIpc) is 3.30. The fourth-order valence-corrected chi connectivity index (χ4v) is 8.91. The molecule has 0 radical (unpaired) electrons. The standard InChI is InChI=1S/C39H42N6O3/c1-21-27-10-12-33(21)45(20-27)39(47)29-16-32-36(35(18-29)48-4)43(3)38(42-32)34-17-26-9-11-31(41-37(26)44(34)19-23-5-6-23)25-8-7-24-14-30(40-22(2)46)15-28(24)13-25/h7-9,11,13,16-18,21,23,27,30,33H,5-6,10,12,14-15,19-20H2,1-4H3,(H,40,46)/t21-,27?,30?,33?/m1/s1. The van der Waals surface area contributed by atoms with Crippen molar-refractivity contribution >= 4 is 33.9 Å². The second-order valence-corrected chi connectivity index (χ2v) is 14.7. The lowest BCUT2D eigenvalue weighted by molar-refractivity contribution is -0.119. The highest BCUT2D eigenvalue weighted by atomic mass is 16.5. The van der Waals surface area contributed by atoms with Crippen molar-refractivity contribution in [2.24, 2.45) is 24.8 Å². The van der Waals surface area contributed by atoms with Gasteiger partial charge in [-0.25, -0.2) is 9.97 Å². The van der Waals surface area contributed by atoms with E-state index >= 15 is 0 Å². The van der Waals surface area contributed by atoms with Crippen molar-refractivity contribution in [3.63, 3.8) is 0 Å². The van der Waals surface area contributed by atoms with Gasteiger partial charge in [-0.2, -0.15) is 0 Å². The number of ether oxygens (including phenoxy) is 1. The number of piperidine rings is 1. The van der Waals surface area contributed by atoms with E-state index in [2.05, 4.69) is 62.7 Å². The van der Waals surface area contributed by atoms with Crippen LogP contribution in [0.15, 0.2) is 48.5 Å². The summed E-state index contributed by atoms with van der Waals surface area (Å²) < 4.78 is 10.4. The SMILES string of the molecule is COc1cc(C(=O)N2CC3CCC2[C@@H]3C)cc2nc(-c3cc4ccc(-c5ccc6c(c5)CC(NC(C)=O)C6)nc4n3CC3CC3)n(C)c12. The van der Waals surface area contributed by atoms with E-state index in [0.717, 1.165) is 77.2 Å². The number of carbonyl (C=O) groups is 2. The van der Waals surface area contributed by atoms with Gasteiger partial charge in [-0.1, -0.05) is 19.1 Å². The van der Waals surface area contributed by atoms with Crippen LogP contribution in [0.2, 0.25) is 0 Å². The summed E-state index contributed by atoms with van der Waals surface area (Å²) in [6.07, 6.45) is 6.47. The maximum Gasteiger partial charge on any atom is 0.254 e. The first-order valence-electron chi connectivity index (χ1n) is 17.5. The van der Waals surface area contributed by atoms with Gasteiger partial charge in [0.15, 0.2) is 5.82 Å². The Bertz CT molecular complexity index is 2140. The first kappa shape index (κ1) is 29.5. The smallest absolute Gasteiger partial charge is 0.254 e. The number of aryl methyl sites for hydroxylation is 1. The molecule has 0 spiro atoms. The number of nitrogens with one attached hydrogen (secondary N) is 1. The summed E-state index contributed by atoms with van der Waals surface area (Å²) in [4.78, 5) is 38.0. The van der Waals surface area contributed by atoms with Gasteiger partial charge in [0, 0.05) is 55.7 Å². The lowest BCUT2D eigenvalue weighted by Crippen LogP contribution is -2.38. The van der Waals surface area contributed by atoms with Gasteiger partial charge in [0.1, 0.15) is 16.9 Å². The van der Waals surface area contributed by atoms with E-state index in [1.165, 1.54) is 30.4 Å². The second-order valence-electron chi connectivity index (χ2n) is 14.7. The maximum absolute atomic E-state index is 13.8. The number of hydrogen-bond donors (Lipinski definition) is 1. The summed E-state index contributed by atoms with van der Waals surface area (Å²) in [7, 11) is 3.70. The summed E-state index contributed by atoms with van der Waals surface area (Å²) >= 11 is 0. The summed E-state index contributed by atoms with van der Waals surface area (Å²) in [6, 6.07) is 17.4. The fraction of sp³-hybridized carbons (Fsp3) is 0.436. The van der Waals surface area contributed by atoms with Crippen molar-refractivity contribution in [3.05, 3.63) is 65.2 Å². The number of benzene rings is 2. The van der Waals surface area contributed by atoms with Gasteiger partial charge in [-0.3, -0.25) is 9.59 Å². The van der Waals surface area contributed by atoms with E-state index in [-0.39, 0.29) is 17.9 Å². The number of likely N-dealkylation sites (tertiary alicyclic amines) is 1. The van der Waals surface area contributed by atoms with Crippen LogP contribution in [0.3, 0.4) is 0 Å². The molecule has 2 amide bonds. The molecule has 2 aromatic carbocycles. The van der Waals surface area contributed by atoms with Crippen molar-refractivity contribution in [2.75, 3.05) is 13.7 Å². The molecule has 3 fully saturated rings. The predicted molar refractivity (Wildman–Crippen MR) is 186 cm³/mol. The minimum atomic E-state index is 0.0174. The molecule has 2 bridgehead atoms. The van der Waals surface area contributed by atoms with E-state index in [1.54, 1.807) is 14.0 Å². The zero-order valence-corrected chi connectivity index (χ0v) is 28.1. The third-order valence-corrected chi connectivity index (χ3v) is 11.6. The number of carbonyl (C=O) groups excluding carboxylic acids is 2. The first-order valence-corrected chi connectivity index (χ1v) is 17.5. The van der Waals surface area contributed by atoms with Crippen molar-refractivity contribution in [1.82, 2.24) is 29.3 Å². The van der Waals surface area contributed by atoms with Crippen LogP contribution in [0, 0.1) is 17.8 Å². The number of rotatable bonds is 7. The number of amides is 2. The van der Waals surface area contributed by atoms with Gasteiger partial charge in [0.05, 0.1) is 24.0 Å². The molecule has 4 aliphatic rings. The van der Waals surface area contributed by atoms with Crippen molar-refractivity contribution < 1.29 is 14.3 Å². The number of nitrogens with zero attached hydrogens (tertiary/aromatic N) is 5. The summed E-state index contributed by atoms with van der Waals surface area (Å²) in [6.45, 7) is 5.61. The maximum atomic E-state index is 13.8. The molecule has 9 rings (SSSR count). The Hall–Kier alpha value is -4.66. The number of fused-ring (bicyclic) bond motifs is 5. The number of pyridine rings is 1. The molecule has 9 heteroatoms. The third-order valence-electron chi connectivity index (χ3n) is 11.6. The molecule has 2 saturated carbocycles. The van der Waals surface area contributed by atoms with Crippen LogP contribution in [0.5, 0.6) is 5.75 Å². The highest BCUT2D eigenvalue weighted by Gasteiger charge is 2.46. The van der Waals surface area contributed by atoms with E-state index in [4.69, 9.17) is 14.7 Å². The minimum Gasteiger partial charge on any atom is -0.494 e. The Morgan fingerprint density at radius 3 is 2.54 bits per heavy atom. The summed E-state index contributed by atoms with van der Waals surface area (Å²) in [5.74, 6) is 3.40. The Morgan fingerprint density at radius 2 is 1.81 bits per heavy atom. The molecule has 3 aromatic heterocycles. The number of imidazole rings is 1. The van der Waals surface area contributed by atoms with Gasteiger partial charge in [-0.15, -0.1) is 0 Å². The molecular formula is C39H42N6O3. The van der Waals surface area contributed by atoms with Crippen LogP contribution in [-0.4, -0.2) is 61.6 Å². The highest BCUT2D eigenvalue weighted by Crippen LogP contribution is 2.44. The van der Waals surface area contributed by atoms with Crippen LogP contribution in [-0.2, 0) is 31.2 Å². The van der Waals surface area contributed by atoms with Crippen molar-refractivity contribution in [2.45, 2.75) is 71.0 Å². The van der Waals surface area contributed by atoms with Crippen molar-refractivity contribution in [3.8, 4) is 28.5 Å². The molecular weight excluding hydrogens is 600 g/mol. The van der Waals surface area contributed by atoms with E-state index in [9.17, 15) is 9.59 Å². The van der Waals surface area contributed by atoms with Gasteiger partial charge < -0.3 is 24.1 Å². The lowest BCUT2D eigenvalue weighted by atomic mass is 10.0. The average molecular weight is 643 g/mol. The normalized spacial score (nSPS) is 23.0. The third kappa shape index (κ3) is 4.72. The molecule has 9 nitrogen and oxygen atoms in total. The first-order chi connectivity index (χ1) is 23.2. The van der Waals surface area contributed by atoms with Crippen LogP contribution in [0.1, 0.15) is 61.0 Å². The molecule has 4 atom stereocenters. The van der Waals surface area contributed by atoms with Crippen molar-refractivity contribution in [1.29, 1.82) is 0 Å². The molecule has 246 valence electrons. The van der Waals surface area contributed by atoms with Crippen LogP contribution in [0.4, 0.5) is 0 Å². The lowest BCUT2D eigenvalue weighted by Gasteiger charge is -2.27. The van der Waals surface area contributed by atoms with Gasteiger partial charge in [0.25, 0.3) is 5.91 Å². The summed E-state index contributed by atoms with van der Waals surface area (Å²) in [5.41, 5.74) is 8.87. The Morgan fingerprint density at radius 1 is 0.979 bits per heavy atom. The van der Waals surface area contributed by atoms with Gasteiger partial charge in [-0.05, 0) is 104 Å². The predicted octanol–water partition coefficient (Wildman–Crippen LogP) is 6.15. The van der Waals surface area contributed by atoms with Crippen LogP contribution >= 0.6 is 0 Å². The quantitative estimate of drug-likeness (QED) is 0.230. The summed E-state index contributed by atoms with van der Waals surface area (Å²) in [5, 5.41) is 4.16. The van der Waals surface area contributed by atoms with Crippen LogP contribution < -0.4 is 10.1 Å². The topological polar surface area (TPSA) is 94.3 Å². The monoisotopic (exact) mass is 642 g/mol. The molecule has 5 aromatic rings. The molecule has 1 saturated heterocycles. The minimum absolute atomic E-state index is 0.0174. The van der Waals surface area contributed by atoms with E-state index < -0.39 is 0 Å². The molecule has 1 aliphatic heterocycles. The second kappa shape index (κ2) is 10.9.